The number of unbranched alkanes of at least 4 members (excludes halogenated alkanes) is 1. The zero-order valence-electron chi connectivity index (χ0n) is 11.2. The van der Waals surface area contributed by atoms with Gasteiger partial charge in [0.15, 0.2) is 0 Å². The van der Waals surface area contributed by atoms with Crippen molar-refractivity contribution in [1.29, 1.82) is 0 Å². The molecule has 0 aliphatic heterocycles. The normalized spacial score (nSPS) is 10.8. The molecule has 0 aliphatic carbocycles. The third-order valence-electron chi connectivity index (χ3n) is 2.61. The molecule has 0 aromatic rings. The van der Waals surface area contributed by atoms with Crippen LogP contribution in [0.1, 0.15) is 26.7 Å². The van der Waals surface area contributed by atoms with Crippen LogP contribution in [0.4, 0.5) is 0 Å². The number of carbonyl (C=O) groups excluding carboxylic acids is 1. The predicted molar refractivity (Wildman–Crippen MR) is 76.4 cm³/mol. The van der Waals surface area contributed by atoms with E-state index in [-0.39, 0.29) is 5.91 Å². The van der Waals surface area contributed by atoms with Crippen LogP contribution in [0.25, 0.3) is 0 Å². The van der Waals surface area contributed by atoms with Crippen LogP contribution in [0.3, 0.4) is 0 Å². The zero-order valence-corrected chi connectivity index (χ0v) is 12.0. The summed E-state index contributed by atoms with van der Waals surface area (Å²) >= 11 is 1.59. The van der Waals surface area contributed by atoms with Gasteiger partial charge >= 0.3 is 0 Å². The van der Waals surface area contributed by atoms with Gasteiger partial charge in [-0.3, -0.25) is 4.79 Å². The first-order chi connectivity index (χ1) is 8.24. The van der Waals surface area contributed by atoms with Gasteiger partial charge in [-0.1, -0.05) is 13.8 Å². The molecule has 0 aliphatic rings. The standard InChI is InChI=1S/C12H27N3OS/c1-3-15(4-2)9-6-5-8-14-12(16)11-17-10-7-13/h3-11,13H2,1-2H3,(H,14,16). The Morgan fingerprint density at radius 2 is 2.00 bits per heavy atom. The first-order valence-electron chi connectivity index (χ1n) is 6.51. The van der Waals surface area contributed by atoms with Gasteiger partial charge in [0.1, 0.15) is 0 Å². The second-order valence-corrected chi connectivity index (χ2v) is 5.03. The minimum absolute atomic E-state index is 0.131. The van der Waals surface area contributed by atoms with Gasteiger partial charge in [0.2, 0.25) is 5.91 Å². The maximum atomic E-state index is 11.3. The summed E-state index contributed by atoms with van der Waals surface area (Å²) in [6.07, 6.45) is 2.21. The summed E-state index contributed by atoms with van der Waals surface area (Å²) in [5, 5.41) is 2.93. The van der Waals surface area contributed by atoms with Crippen molar-refractivity contribution in [3.8, 4) is 0 Å². The number of nitrogens with zero attached hydrogens (tertiary/aromatic N) is 1. The van der Waals surface area contributed by atoms with Gasteiger partial charge in [0, 0.05) is 18.8 Å². The number of hydrogen-bond acceptors (Lipinski definition) is 4. The van der Waals surface area contributed by atoms with Crippen molar-refractivity contribution < 1.29 is 4.79 Å². The molecule has 5 heteroatoms. The molecule has 102 valence electrons. The molecule has 0 aromatic carbocycles. The smallest absolute Gasteiger partial charge is 0.229 e. The molecule has 0 rings (SSSR count). The third-order valence-corrected chi connectivity index (χ3v) is 3.60. The van der Waals surface area contributed by atoms with Gasteiger partial charge < -0.3 is 16.0 Å². The van der Waals surface area contributed by atoms with E-state index in [2.05, 4.69) is 24.1 Å². The first kappa shape index (κ1) is 16.7. The summed E-state index contributed by atoms with van der Waals surface area (Å²) in [6, 6.07) is 0. The Morgan fingerprint density at radius 3 is 2.59 bits per heavy atom. The molecule has 1 amide bonds. The molecule has 0 saturated heterocycles. The number of amides is 1. The first-order valence-corrected chi connectivity index (χ1v) is 7.66. The molecule has 4 nitrogen and oxygen atoms in total. The summed E-state index contributed by atoms with van der Waals surface area (Å²) in [7, 11) is 0. The molecule has 0 saturated carbocycles. The molecule has 0 fully saturated rings. The van der Waals surface area contributed by atoms with Crippen molar-refractivity contribution in [2.75, 3.05) is 44.2 Å². The SMILES string of the molecule is CCN(CC)CCCCNC(=O)CSCCN. The van der Waals surface area contributed by atoms with Crippen molar-refractivity contribution in [1.82, 2.24) is 10.2 Å². The molecule has 0 heterocycles. The van der Waals surface area contributed by atoms with Gasteiger partial charge in [0.05, 0.1) is 5.75 Å². The fraction of sp³-hybridized carbons (Fsp3) is 0.917. The Bertz CT molecular complexity index is 187. The molecule has 0 radical (unpaired) electrons. The van der Waals surface area contributed by atoms with E-state index in [1.165, 1.54) is 0 Å². The second kappa shape index (κ2) is 12.2. The predicted octanol–water partition coefficient (Wildman–Crippen LogP) is 0.917. The van der Waals surface area contributed by atoms with Crippen LogP contribution in [0, 0.1) is 0 Å². The fourth-order valence-corrected chi connectivity index (χ4v) is 2.13. The maximum Gasteiger partial charge on any atom is 0.229 e. The summed E-state index contributed by atoms with van der Waals surface area (Å²) < 4.78 is 0. The lowest BCUT2D eigenvalue weighted by Gasteiger charge is -2.17. The van der Waals surface area contributed by atoms with Crippen LogP contribution < -0.4 is 11.1 Å². The molecule has 0 unspecified atom stereocenters. The number of thioether (sulfide) groups is 1. The molecular weight excluding hydrogens is 234 g/mol. The van der Waals surface area contributed by atoms with Crippen LogP contribution in [-0.4, -0.2) is 55.0 Å². The van der Waals surface area contributed by atoms with Crippen molar-refractivity contribution in [3.05, 3.63) is 0 Å². The Hall–Kier alpha value is -0.260. The van der Waals surface area contributed by atoms with E-state index in [4.69, 9.17) is 5.73 Å². The van der Waals surface area contributed by atoms with Crippen LogP contribution >= 0.6 is 11.8 Å². The van der Waals surface area contributed by atoms with E-state index < -0.39 is 0 Å². The number of nitrogens with one attached hydrogen (secondary N) is 1. The van der Waals surface area contributed by atoms with E-state index in [1.807, 2.05) is 0 Å². The Balaban J connectivity index is 3.29. The van der Waals surface area contributed by atoms with Crippen LogP contribution in [-0.2, 0) is 4.79 Å². The van der Waals surface area contributed by atoms with E-state index >= 15 is 0 Å². The average molecular weight is 261 g/mol. The van der Waals surface area contributed by atoms with Crippen LogP contribution in [0.5, 0.6) is 0 Å². The molecule has 17 heavy (non-hydrogen) atoms. The molecular formula is C12H27N3OS. The molecule has 3 N–H and O–H groups in total. The molecule has 0 spiro atoms. The number of carbonyl (C=O) groups is 1. The van der Waals surface area contributed by atoms with Gasteiger partial charge in [-0.15, -0.1) is 0 Å². The van der Waals surface area contributed by atoms with Gasteiger partial charge in [0.25, 0.3) is 0 Å². The summed E-state index contributed by atoms with van der Waals surface area (Å²) in [6.45, 7) is 9.15. The number of hydrogen-bond donors (Lipinski definition) is 2. The van der Waals surface area contributed by atoms with E-state index in [1.54, 1.807) is 11.8 Å². The zero-order chi connectivity index (χ0) is 12.9. The van der Waals surface area contributed by atoms with Crippen molar-refractivity contribution in [2.45, 2.75) is 26.7 Å². The second-order valence-electron chi connectivity index (χ2n) is 3.93. The van der Waals surface area contributed by atoms with E-state index in [0.717, 1.165) is 44.8 Å². The highest BCUT2D eigenvalue weighted by Gasteiger charge is 2.01. The number of nitrogens with two attached hydrogens (primary N) is 1. The molecule has 0 bridgehead atoms. The summed E-state index contributed by atoms with van der Waals surface area (Å²) in [4.78, 5) is 13.7. The Kier molecular flexibility index (Phi) is 12.0. The topological polar surface area (TPSA) is 58.4 Å². The lowest BCUT2D eigenvalue weighted by molar-refractivity contribution is -0.118. The lowest BCUT2D eigenvalue weighted by atomic mass is 10.3. The Morgan fingerprint density at radius 1 is 1.29 bits per heavy atom. The highest BCUT2D eigenvalue weighted by molar-refractivity contribution is 7.99. The lowest BCUT2D eigenvalue weighted by Crippen LogP contribution is -2.28. The molecule has 0 atom stereocenters. The van der Waals surface area contributed by atoms with E-state index in [0.29, 0.717) is 12.3 Å². The maximum absolute atomic E-state index is 11.3. The minimum Gasteiger partial charge on any atom is -0.355 e. The largest absolute Gasteiger partial charge is 0.355 e. The van der Waals surface area contributed by atoms with Crippen LogP contribution in [0.2, 0.25) is 0 Å². The van der Waals surface area contributed by atoms with Gasteiger partial charge in [-0.05, 0) is 32.5 Å². The molecule has 0 aromatic heterocycles. The third kappa shape index (κ3) is 10.6. The Labute approximate surface area is 110 Å². The van der Waals surface area contributed by atoms with Crippen molar-refractivity contribution in [2.24, 2.45) is 5.73 Å². The van der Waals surface area contributed by atoms with Gasteiger partial charge in [-0.2, -0.15) is 11.8 Å². The fourth-order valence-electron chi connectivity index (χ4n) is 1.53. The van der Waals surface area contributed by atoms with Crippen molar-refractivity contribution in [3.63, 3.8) is 0 Å². The summed E-state index contributed by atoms with van der Waals surface area (Å²) in [5.41, 5.74) is 5.35. The average Bonchev–Trinajstić information content (AvgIpc) is 2.34. The quantitative estimate of drug-likeness (QED) is 0.543. The van der Waals surface area contributed by atoms with E-state index in [9.17, 15) is 4.79 Å². The minimum atomic E-state index is 0.131. The highest BCUT2D eigenvalue weighted by atomic mass is 32.2. The van der Waals surface area contributed by atoms with Gasteiger partial charge in [-0.25, -0.2) is 0 Å². The highest BCUT2D eigenvalue weighted by Crippen LogP contribution is 1.97. The van der Waals surface area contributed by atoms with Crippen LogP contribution in [0.15, 0.2) is 0 Å². The monoisotopic (exact) mass is 261 g/mol. The summed E-state index contributed by atoms with van der Waals surface area (Å²) in [5.74, 6) is 1.52. The van der Waals surface area contributed by atoms with Crippen molar-refractivity contribution >= 4 is 17.7 Å². The number of rotatable bonds is 11.